The monoisotopic (exact) mass is 304 g/mol. The zero-order valence-electron chi connectivity index (χ0n) is 10.9. The average Bonchev–Trinajstić information content (AvgIpc) is 2.46. The van der Waals surface area contributed by atoms with Gasteiger partial charge in [0, 0.05) is 15.5 Å². The maximum absolute atomic E-state index is 12.4. The van der Waals surface area contributed by atoms with E-state index in [0.29, 0.717) is 10.6 Å². The third-order valence-corrected chi connectivity index (χ3v) is 4.31. The second-order valence-corrected chi connectivity index (χ2v) is 5.91. The van der Waals surface area contributed by atoms with E-state index in [1.807, 2.05) is 6.07 Å². The van der Waals surface area contributed by atoms with Crippen LogP contribution in [0.4, 0.5) is 0 Å². The summed E-state index contributed by atoms with van der Waals surface area (Å²) in [7, 11) is 0. The predicted octanol–water partition coefficient (Wildman–Crippen LogP) is 4.27. The smallest absolute Gasteiger partial charge is 0.183 e. The molecule has 0 aliphatic rings. The van der Waals surface area contributed by atoms with Crippen LogP contribution >= 0.6 is 23.4 Å². The summed E-state index contributed by atoms with van der Waals surface area (Å²) in [6.45, 7) is 1.44. The number of rotatable bonds is 5. The molecule has 0 aliphatic heterocycles. The lowest BCUT2D eigenvalue weighted by atomic mass is 10.1. The van der Waals surface area contributed by atoms with Crippen molar-refractivity contribution in [3.8, 4) is 0 Å². The SMILES string of the molecule is CC(=O)C(Sc1ccc(Cl)cc1)C(=O)c1ccccc1. The molecule has 0 bridgehead atoms. The van der Waals surface area contributed by atoms with E-state index in [2.05, 4.69) is 0 Å². The van der Waals surface area contributed by atoms with Gasteiger partial charge in [-0.2, -0.15) is 0 Å². The number of Topliss-reactive ketones (excluding diaryl/α,β-unsaturated/α-hetero) is 2. The van der Waals surface area contributed by atoms with Crippen molar-refractivity contribution in [3.63, 3.8) is 0 Å². The molecule has 2 aromatic rings. The molecule has 2 rings (SSSR count). The van der Waals surface area contributed by atoms with Gasteiger partial charge >= 0.3 is 0 Å². The maximum Gasteiger partial charge on any atom is 0.183 e. The van der Waals surface area contributed by atoms with E-state index in [4.69, 9.17) is 11.6 Å². The van der Waals surface area contributed by atoms with E-state index in [0.717, 1.165) is 4.90 Å². The molecule has 1 atom stereocenters. The topological polar surface area (TPSA) is 34.1 Å². The minimum atomic E-state index is -0.724. The van der Waals surface area contributed by atoms with E-state index in [9.17, 15) is 9.59 Å². The highest BCUT2D eigenvalue weighted by Crippen LogP contribution is 2.27. The first-order chi connectivity index (χ1) is 9.58. The summed E-state index contributed by atoms with van der Waals surface area (Å²) >= 11 is 7.08. The summed E-state index contributed by atoms with van der Waals surface area (Å²) in [5.74, 6) is -0.322. The minimum absolute atomic E-state index is 0.154. The van der Waals surface area contributed by atoms with Crippen LogP contribution in [-0.2, 0) is 4.79 Å². The fourth-order valence-corrected chi connectivity index (χ4v) is 2.82. The Morgan fingerprint density at radius 1 is 1.00 bits per heavy atom. The lowest BCUT2D eigenvalue weighted by molar-refractivity contribution is -0.115. The zero-order chi connectivity index (χ0) is 14.5. The molecule has 2 aromatic carbocycles. The van der Waals surface area contributed by atoms with Gasteiger partial charge in [0.15, 0.2) is 11.6 Å². The third-order valence-electron chi connectivity index (χ3n) is 2.73. The van der Waals surface area contributed by atoms with Gasteiger partial charge in [0.25, 0.3) is 0 Å². The summed E-state index contributed by atoms with van der Waals surface area (Å²) in [5, 5.41) is -0.0957. The first kappa shape index (κ1) is 14.8. The second-order valence-electron chi connectivity index (χ2n) is 4.29. The van der Waals surface area contributed by atoms with Crippen molar-refractivity contribution in [2.45, 2.75) is 17.1 Å². The second kappa shape index (κ2) is 6.73. The van der Waals surface area contributed by atoms with Gasteiger partial charge in [0.1, 0.15) is 5.25 Å². The van der Waals surface area contributed by atoms with Crippen LogP contribution < -0.4 is 0 Å². The lowest BCUT2D eigenvalue weighted by Gasteiger charge is -2.12. The zero-order valence-corrected chi connectivity index (χ0v) is 12.4. The fourth-order valence-electron chi connectivity index (χ4n) is 1.72. The van der Waals surface area contributed by atoms with Gasteiger partial charge in [-0.3, -0.25) is 9.59 Å². The first-order valence-corrected chi connectivity index (χ1v) is 7.35. The molecule has 0 fully saturated rings. The van der Waals surface area contributed by atoms with Crippen molar-refractivity contribution in [1.29, 1.82) is 0 Å². The summed E-state index contributed by atoms with van der Waals surface area (Å²) in [4.78, 5) is 25.0. The van der Waals surface area contributed by atoms with Crippen molar-refractivity contribution >= 4 is 34.9 Å². The number of halogens is 1. The Hall–Kier alpha value is -1.58. The normalized spacial score (nSPS) is 11.9. The quantitative estimate of drug-likeness (QED) is 0.470. The molecule has 0 N–H and O–H groups in total. The van der Waals surface area contributed by atoms with Gasteiger partial charge < -0.3 is 0 Å². The van der Waals surface area contributed by atoms with E-state index in [1.165, 1.54) is 18.7 Å². The summed E-state index contributed by atoms with van der Waals surface area (Å²) in [6, 6.07) is 16.0. The summed E-state index contributed by atoms with van der Waals surface area (Å²) < 4.78 is 0. The van der Waals surface area contributed by atoms with Crippen molar-refractivity contribution in [3.05, 3.63) is 65.2 Å². The number of ketones is 2. The average molecular weight is 305 g/mol. The molecule has 4 heteroatoms. The lowest BCUT2D eigenvalue weighted by Crippen LogP contribution is -2.24. The third kappa shape index (κ3) is 3.71. The van der Waals surface area contributed by atoms with Crippen LogP contribution in [0.1, 0.15) is 17.3 Å². The van der Waals surface area contributed by atoms with Crippen LogP contribution in [0.2, 0.25) is 5.02 Å². The molecule has 0 saturated heterocycles. The highest BCUT2D eigenvalue weighted by molar-refractivity contribution is 8.01. The standard InChI is InChI=1S/C16H13ClO2S/c1-11(18)16(15(19)12-5-3-2-4-6-12)20-14-9-7-13(17)8-10-14/h2-10,16H,1H3. The Balaban J connectivity index is 2.21. The van der Waals surface area contributed by atoms with Crippen molar-refractivity contribution in [2.75, 3.05) is 0 Å². The van der Waals surface area contributed by atoms with Crippen LogP contribution in [0.15, 0.2) is 59.5 Å². The first-order valence-electron chi connectivity index (χ1n) is 6.10. The number of carbonyl (C=O) groups is 2. The van der Waals surface area contributed by atoms with Crippen molar-refractivity contribution < 1.29 is 9.59 Å². The molecule has 2 nitrogen and oxygen atoms in total. The van der Waals surface area contributed by atoms with E-state index in [1.54, 1.807) is 48.5 Å². The molecule has 0 aromatic heterocycles. The molecular weight excluding hydrogens is 292 g/mol. The van der Waals surface area contributed by atoms with Crippen LogP contribution in [0.5, 0.6) is 0 Å². The van der Waals surface area contributed by atoms with Crippen molar-refractivity contribution in [2.24, 2.45) is 0 Å². The van der Waals surface area contributed by atoms with Crippen molar-refractivity contribution in [1.82, 2.24) is 0 Å². The molecule has 1 unspecified atom stereocenters. The number of benzene rings is 2. The largest absolute Gasteiger partial charge is 0.298 e. The fraction of sp³-hybridized carbons (Fsp3) is 0.125. The number of carbonyl (C=O) groups excluding carboxylic acids is 2. The molecule has 0 aliphatic carbocycles. The molecule has 20 heavy (non-hydrogen) atoms. The van der Waals surface area contributed by atoms with E-state index >= 15 is 0 Å². The number of hydrogen-bond donors (Lipinski definition) is 0. The molecule has 0 amide bonds. The van der Waals surface area contributed by atoms with E-state index < -0.39 is 5.25 Å². The Morgan fingerprint density at radius 3 is 2.15 bits per heavy atom. The Morgan fingerprint density at radius 2 is 1.60 bits per heavy atom. The predicted molar refractivity (Wildman–Crippen MR) is 82.6 cm³/mol. The van der Waals surface area contributed by atoms with Gasteiger partial charge in [0.05, 0.1) is 0 Å². The molecule has 0 spiro atoms. The molecule has 102 valence electrons. The van der Waals surface area contributed by atoms with Crippen LogP contribution in [0, 0.1) is 0 Å². The van der Waals surface area contributed by atoms with Gasteiger partial charge in [-0.25, -0.2) is 0 Å². The molecule has 0 heterocycles. The molecule has 0 radical (unpaired) electrons. The molecular formula is C16H13ClO2S. The maximum atomic E-state index is 12.4. The Labute approximate surface area is 127 Å². The van der Waals surface area contributed by atoms with Crippen LogP contribution in [0.3, 0.4) is 0 Å². The van der Waals surface area contributed by atoms with Gasteiger partial charge in [0.2, 0.25) is 0 Å². The number of hydrogen-bond acceptors (Lipinski definition) is 3. The van der Waals surface area contributed by atoms with E-state index in [-0.39, 0.29) is 11.6 Å². The Bertz CT molecular complexity index is 608. The highest BCUT2D eigenvalue weighted by Gasteiger charge is 2.25. The minimum Gasteiger partial charge on any atom is -0.298 e. The summed E-state index contributed by atoms with van der Waals surface area (Å²) in [6.07, 6.45) is 0. The number of thioether (sulfide) groups is 1. The van der Waals surface area contributed by atoms with Gasteiger partial charge in [-0.05, 0) is 31.2 Å². The van der Waals surface area contributed by atoms with Gasteiger partial charge in [-0.1, -0.05) is 41.9 Å². The molecule has 0 saturated carbocycles. The van der Waals surface area contributed by atoms with Crippen LogP contribution in [0.25, 0.3) is 0 Å². The highest BCUT2D eigenvalue weighted by atomic mass is 35.5. The van der Waals surface area contributed by atoms with Crippen LogP contribution in [-0.4, -0.2) is 16.8 Å². The summed E-state index contributed by atoms with van der Waals surface area (Å²) in [5.41, 5.74) is 0.550. The van der Waals surface area contributed by atoms with Gasteiger partial charge in [-0.15, -0.1) is 11.8 Å². The Kier molecular flexibility index (Phi) is 4.99.